The minimum Gasteiger partial charge on any atom is -0.343 e. The van der Waals surface area contributed by atoms with Crippen LogP contribution >= 0.6 is 0 Å². The van der Waals surface area contributed by atoms with Gasteiger partial charge in [0.25, 0.3) is 0 Å². The maximum absolute atomic E-state index is 8.92. The number of rotatable bonds is 2. The lowest BCUT2D eigenvalue weighted by Gasteiger charge is -2.10. The Morgan fingerprint density at radius 3 is 2.60 bits per heavy atom. The molecule has 0 amide bonds. The minimum atomic E-state index is 0.602. The minimum absolute atomic E-state index is 0.602. The van der Waals surface area contributed by atoms with Gasteiger partial charge in [0.2, 0.25) is 0 Å². The highest BCUT2D eigenvalue weighted by atomic mass is 15.0. The number of aryl methyl sites for hydroxylation is 2. The van der Waals surface area contributed by atoms with Crippen LogP contribution in [0.5, 0.6) is 0 Å². The number of aromatic nitrogens is 1. The maximum atomic E-state index is 8.92. The Hall–Kier alpha value is -1.75. The van der Waals surface area contributed by atoms with E-state index in [9.17, 15) is 0 Å². The van der Waals surface area contributed by atoms with Crippen molar-refractivity contribution in [2.75, 3.05) is 0 Å². The van der Waals surface area contributed by atoms with E-state index in [0.717, 1.165) is 6.54 Å². The monoisotopic (exact) mass is 266 g/mol. The Morgan fingerprint density at radius 1 is 1.00 bits per heavy atom. The number of para-hydroxylation sites is 1. The van der Waals surface area contributed by atoms with Crippen molar-refractivity contribution in [2.24, 2.45) is 0 Å². The van der Waals surface area contributed by atoms with Gasteiger partial charge < -0.3 is 4.57 Å². The summed E-state index contributed by atoms with van der Waals surface area (Å²) in [5.41, 5.74) is 4.39. The lowest BCUT2D eigenvalue weighted by Crippen LogP contribution is -2.04. The normalized spacial score (nSPS) is 15.9. The lowest BCUT2D eigenvalue weighted by atomic mass is 10.0. The van der Waals surface area contributed by atoms with Crippen LogP contribution in [0.4, 0.5) is 0 Å². The van der Waals surface area contributed by atoms with Crippen LogP contribution in [-0.2, 0) is 19.4 Å². The lowest BCUT2D eigenvalue weighted by molar-refractivity contribution is 0.617. The molecule has 0 radical (unpaired) electrons. The highest BCUT2D eigenvalue weighted by Crippen LogP contribution is 2.30. The van der Waals surface area contributed by atoms with E-state index in [1.807, 2.05) is 0 Å². The molecule has 1 aliphatic rings. The summed E-state index contributed by atoms with van der Waals surface area (Å²) >= 11 is 0. The van der Waals surface area contributed by atoms with Crippen molar-refractivity contribution in [3.63, 3.8) is 0 Å². The van der Waals surface area contributed by atoms with E-state index in [4.69, 9.17) is 5.26 Å². The molecule has 2 aromatic rings. The van der Waals surface area contributed by atoms with Crippen molar-refractivity contribution in [3.05, 3.63) is 35.5 Å². The molecule has 0 fully saturated rings. The summed E-state index contributed by atoms with van der Waals surface area (Å²) in [7, 11) is 0. The molecule has 2 nitrogen and oxygen atoms in total. The second-order valence-corrected chi connectivity index (χ2v) is 5.77. The Bertz CT molecular complexity index is 631. The van der Waals surface area contributed by atoms with Crippen LogP contribution in [-0.4, -0.2) is 4.57 Å². The first-order chi connectivity index (χ1) is 9.92. The number of hydrogen-bond donors (Lipinski definition) is 0. The van der Waals surface area contributed by atoms with Crippen LogP contribution in [0.2, 0.25) is 0 Å². The molecule has 1 aromatic heterocycles. The van der Waals surface area contributed by atoms with Crippen molar-refractivity contribution in [3.8, 4) is 6.07 Å². The van der Waals surface area contributed by atoms with Crippen LogP contribution in [0.3, 0.4) is 0 Å². The smallest absolute Gasteiger partial charge is 0.0640 e. The van der Waals surface area contributed by atoms with Gasteiger partial charge in [0.05, 0.1) is 12.5 Å². The molecular weight excluding hydrogens is 244 g/mol. The van der Waals surface area contributed by atoms with Crippen molar-refractivity contribution in [1.82, 2.24) is 4.57 Å². The summed E-state index contributed by atoms with van der Waals surface area (Å²) in [6.45, 7) is 0.840. The molecule has 0 saturated carbocycles. The van der Waals surface area contributed by atoms with E-state index >= 15 is 0 Å². The van der Waals surface area contributed by atoms with Gasteiger partial charge in [0.15, 0.2) is 0 Å². The zero-order valence-electron chi connectivity index (χ0n) is 12.1. The zero-order chi connectivity index (χ0) is 13.8. The van der Waals surface area contributed by atoms with Gasteiger partial charge in [-0.15, -0.1) is 0 Å². The molecule has 2 heteroatoms. The Kier molecular flexibility index (Phi) is 4.06. The van der Waals surface area contributed by atoms with E-state index in [1.165, 1.54) is 61.5 Å². The predicted molar refractivity (Wildman–Crippen MR) is 82.7 cm³/mol. The number of fused-ring (bicyclic) bond motifs is 3. The Balaban J connectivity index is 2.11. The molecule has 0 bridgehead atoms. The quantitative estimate of drug-likeness (QED) is 0.780. The number of hydrogen-bond acceptors (Lipinski definition) is 1. The van der Waals surface area contributed by atoms with Crippen molar-refractivity contribution in [1.29, 1.82) is 5.26 Å². The molecule has 0 saturated heterocycles. The fourth-order valence-electron chi connectivity index (χ4n) is 3.53. The van der Waals surface area contributed by atoms with Crippen molar-refractivity contribution < 1.29 is 0 Å². The highest BCUT2D eigenvalue weighted by molar-refractivity contribution is 5.85. The standard InChI is InChI=1S/C18H22N2/c19-13-8-14-20-17-11-5-3-1-2-4-9-15(17)16-10-6-7-12-18(16)20/h6-7,10,12H,1-5,8-9,11,14H2. The Labute approximate surface area is 121 Å². The van der Waals surface area contributed by atoms with Gasteiger partial charge in [0, 0.05) is 23.1 Å². The molecule has 1 aromatic carbocycles. The molecule has 104 valence electrons. The van der Waals surface area contributed by atoms with Gasteiger partial charge in [-0.25, -0.2) is 0 Å². The average Bonchev–Trinajstić information content (AvgIpc) is 2.82. The molecule has 3 rings (SSSR count). The van der Waals surface area contributed by atoms with Crippen LogP contribution < -0.4 is 0 Å². The third-order valence-electron chi connectivity index (χ3n) is 4.48. The van der Waals surface area contributed by atoms with Crippen LogP contribution in [0.1, 0.15) is 49.8 Å². The summed E-state index contributed by atoms with van der Waals surface area (Å²) in [5.74, 6) is 0. The van der Waals surface area contributed by atoms with Gasteiger partial charge in [-0.05, 0) is 37.3 Å². The molecule has 0 unspecified atom stereocenters. The summed E-state index contributed by atoms with van der Waals surface area (Å²) in [4.78, 5) is 0. The van der Waals surface area contributed by atoms with Gasteiger partial charge in [-0.1, -0.05) is 37.5 Å². The van der Waals surface area contributed by atoms with Gasteiger partial charge in [-0.3, -0.25) is 0 Å². The van der Waals surface area contributed by atoms with E-state index < -0.39 is 0 Å². The highest BCUT2D eigenvalue weighted by Gasteiger charge is 2.17. The Morgan fingerprint density at radius 2 is 1.75 bits per heavy atom. The molecule has 1 heterocycles. The van der Waals surface area contributed by atoms with E-state index in [-0.39, 0.29) is 0 Å². The first-order valence-corrected chi connectivity index (χ1v) is 7.88. The van der Waals surface area contributed by atoms with E-state index in [1.54, 1.807) is 5.56 Å². The summed E-state index contributed by atoms with van der Waals surface area (Å²) < 4.78 is 2.42. The average molecular weight is 266 g/mol. The van der Waals surface area contributed by atoms with Gasteiger partial charge >= 0.3 is 0 Å². The SMILES string of the molecule is N#CCCn1c2c(c3ccccc31)CCCCCCC2. The molecule has 1 aliphatic carbocycles. The number of nitriles is 1. The largest absolute Gasteiger partial charge is 0.343 e. The summed E-state index contributed by atoms with van der Waals surface area (Å²) in [5, 5.41) is 10.3. The van der Waals surface area contributed by atoms with Crippen molar-refractivity contribution in [2.45, 2.75) is 57.9 Å². The predicted octanol–water partition coefficient (Wildman–Crippen LogP) is 4.60. The second-order valence-electron chi connectivity index (χ2n) is 5.77. The number of benzene rings is 1. The van der Waals surface area contributed by atoms with Gasteiger partial charge in [0.1, 0.15) is 0 Å². The molecule has 0 atom stereocenters. The molecule has 20 heavy (non-hydrogen) atoms. The van der Waals surface area contributed by atoms with Crippen LogP contribution in [0, 0.1) is 11.3 Å². The van der Waals surface area contributed by atoms with Crippen molar-refractivity contribution >= 4 is 10.9 Å². The maximum Gasteiger partial charge on any atom is 0.0640 e. The van der Waals surface area contributed by atoms with Crippen LogP contribution in [0.25, 0.3) is 10.9 Å². The molecule has 0 aliphatic heterocycles. The molecule has 0 spiro atoms. The summed E-state index contributed by atoms with van der Waals surface area (Å²) in [6.07, 6.45) is 9.65. The topological polar surface area (TPSA) is 28.7 Å². The number of nitrogens with zero attached hydrogens (tertiary/aromatic N) is 2. The fourth-order valence-corrected chi connectivity index (χ4v) is 3.53. The molecule has 0 N–H and O–H groups in total. The van der Waals surface area contributed by atoms with Crippen LogP contribution in [0.15, 0.2) is 24.3 Å². The van der Waals surface area contributed by atoms with Gasteiger partial charge in [-0.2, -0.15) is 5.26 Å². The summed E-state index contributed by atoms with van der Waals surface area (Å²) in [6, 6.07) is 11.0. The van der Waals surface area contributed by atoms with E-state index in [2.05, 4.69) is 34.9 Å². The third kappa shape index (κ3) is 2.45. The zero-order valence-corrected chi connectivity index (χ0v) is 12.1. The fraction of sp³-hybridized carbons (Fsp3) is 0.500. The second kappa shape index (κ2) is 6.13. The molecular formula is C18H22N2. The first kappa shape index (κ1) is 13.2. The third-order valence-corrected chi connectivity index (χ3v) is 4.48. The first-order valence-electron chi connectivity index (χ1n) is 7.88. The van der Waals surface area contributed by atoms with E-state index in [0.29, 0.717) is 6.42 Å².